The van der Waals surface area contributed by atoms with Crippen LogP contribution in [0.2, 0.25) is 0 Å². The number of hydrogen-bond acceptors (Lipinski definition) is 5. The van der Waals surface area contributed by atoms with E-state index < -0.39 is 5.97 Å². The maximum absolute atomic E-state index is 11.9. The third-order valence-electron chi connectivity index (χ3n) is 3.73. The van der Waals surface area contributed by atoms with Crippen molar-refractivity contribution in [1.82, 2.24) is 15.2 Å². The summed E-state index contributed by atoms with van der Waals surface area (Å²) in [7, 11) is 4.02. The van der Waals surface area contributed by atoms with Gasteiger partial charge in [0.25, 0.3) is 5.91 Å². The minimum atomic E-state index is -1.11. The SMILES string of the molecule is CN(C)C1(CNC(=O)c2nc(C(=O)O)cs2)CCC1. The van der Waals surface area contributed by atoms with Crippen LogP contribution < -0.4 is 5.32 Å². The first kappa shape index (κ1) is 14.0. The highest BCUT2D eigenvalue weighted by molar-refractivity contribution is 7.11. The second-order valence-electron chi connectivity index (χ2n) is 5.00. The largest absolute Gasteiger partial charge is 0.476 e. The Morgan fingerprint density at radius 3 is 2.63 bits per heavy atom. The fourth-order valence-electron chi connectivity index (χ4n) is 2.16. The lowest BCUT2D eigenvalue weighted by Gasteiger charge is -2.47. The van der Waals surface area contributed by atoms with E-state index in [0.29, 0.717) is 6.54 Å². The standard InChI is InChI=1S/C12H17N3O3S/c1-15(2)12(4-3-5-12)7-13-9(16)10-14-8(6-19-10)11(17)18/h6H,3-5,7H2,1-2H3,(H,13,16)(H,17,18). The van der Waals surface area contributed by atoms with Crippen LogP contribution in [0.4, 0.5) is 0 Å². The van der Waals surface area contributed by atoms with Gasteiger partial charge in [-0.1, -0.05) is 0 Å². The number of nitrogens with zero attached hydrogens (tertiary/aromatic N) is 2. The number of rotatable bonds is 5. The molecule has 1 aromatic heterocycles. The lowest BCUT2D eigenvalue weighted by atomic mass is 9.75. The Morgan fingerprint density at radius 1 is 1.53 bits per heavy atom. The van der Waals surface area contributed by atoms with Crippen LogP contribution in [0.5, 0.6) is 0 Å². The van der Waals surface area contributed by atoms with Gasteiger partial charge in [-0.05, 0) is 33.4 Å². The zero-order valence-electron chi connectivity index (χ0n) is 11.0. The van der Waals surface area contributed by atoms with Crippen molar-refractivity contribution in [2.75, 3.05) is 20.6 Å². The molecule has 0 saturated heterocycles. The number of aromatic carboxylic acids is 1. The maximum Gasteiger partial charge on any atom is 0.355 e. The number of aromatic nitrogens is 1. The predicted molar refractivity (Wildman–Crippen MR) is 71.7 cm³/mol. The van der Waals surface area contributed by atoms with E-state index in [1.54, 1.807) is 0 Å². The average molecular weight is 283 g/mol. The summed E-state index contributed by atoms with van der Waals surface area (Å²) in [5, 5.41) is 13.2. The molecule has 1 aliphatic rings. The third-order valence-corrected chi connectivity index (χ3v) is 4.57. The zero-order valence-corrected chi connectivity index (χ0v) is 11.8. The number of carboxylic acid groups (broad SMARTS) is 1. The van der Waals surface area contributed by atoms with Crippen LogP contribution in [0, 0.1) is 0 Å². The zero-order chi connectivity index (χ0) is 14.0. The first-order valence-corrected chi connectivity index (χ1v) is 6.97. The molecule has 1 fully saturated rings. The molecule has 1 aliphatic carbocycles. The molecule has 0 radical (unpaired) electrons. The van der Waals surface area contributed by atoms with Crippen LogP contribution in [0.3, 0.4) is 0 Å². The molecule has 104 valence electrons. The molecule has 0 atom stereocenters. The normalized spacial score (nSPS) is 17.0. The maximum atomic E-state index is 11.9. The van der Waals surface area contributed by atoms with Gasteiger partial charge in [-0.2, -0.15) is 0 Å². The highest BCUT2D eigenvalue weighted by Gasteiger charge is 2.39. The molecule has 2 N–H and O–H groups in total. The number of carbonyl (C=O) groups is 2. The van der Waals surface area contributed by atoms with Crippen molar-refractivity contribution in [2.24, 2.45) is 0 Å². The Morgan fingerprint density at radius 2 is 2.21 bits per heavy atom. The predicted octanol–water partition coefficient (Wildman–Crippen LogP) is 1.06. The van der Waals surface area contributed by atoms with Gasteiger partial charge in [-0.25, -0.2) is 9.78 Å². The highest BCUT2D eigenvalue weighted by atomic mass is 32.1. The topological polar surface area (TPSA) is 82.5 Å². The third kappa shape index (κ3) is 2.76. The molecule has 7 heteroatoms. The van der Waals surface area contributed by atoms with Gasteiger partial charge in [0.05, 0.1) is 0 Å². The van der Waals surface area contributed by atoms with E-state index >= 15 is 0 Å². The Hall–Kier alpha value is -1.47. The number of amides is 1. The molecular weight excluding hydrogens is 266 g/mol. The lowest BCUT2D eigenvalue weighted by Crippen LogP contribution is -2.57. The summed E-state index contributed by atoms with van der Waals surface area (Å²) in [6.07, 6.45) is 3.31. The number of carboxylic acids is 1. The lowest BCUT2D eigenvalue weighted by molar-refractivity contribution is 0.0557. The van der Waals surface area contributed by atoms with Gasteiger partial charge in [0, 0.05) is 17.5 Å². The van der Waals surface area contributed by atoms with Gasteiger partial charge < -0.3 is 15.3 Å². The fraction of sp³-hybridized carbons (Fsp3) is 0.583. The Balaban J connectivity index is 1.95. The number of likely N-dealkylation sites (N-methyl/N-ethyl adjacent to an activating group) is 1. The monoisotopic (exact) mass is 283 g/mol. The van der Waals surface area contributed by atoms with E-state index in [1.807, 2.05) is 14.1 Å². The smallest absolute Gasteiger partial charge is 0.355 e. The minimum absolute atomic E-state index is 0.0442. The van der Waals surface area contributed by atoms with Gasteiger partial charge in [0.1, 0.15) is 0 Å². The van der Waals surface area contributed by atoms with Crippen molar-refractivity contribution in [3.63, 3.8) is 0 Å². The number of carbonyl (C=O) groups excluding carboxylic acids is 1. The fourth-order valence-corrected chi connectivity index (χ4v) is 2.87. The number of nitrogens with one attached hydrogen (secondary N) is 1. The van der Waals surface area contributed by atoms with Gasteiger partial charge >= 0.3 is 5.97 Å². The van der Waals surface area contributed by atoms with Crippen molar-refractivity contribution in [3.05, 3.63) is 16.1 Å². The summed E-state index contributed by atoms with van der Waals surface area (Å²) in [6, 6.07) is 0. The van der Waals surface area contributed by atoms with Crippen molar-refractivity contribution < 1.29 is 14.7 Å². The van der Waals surface area contributed by atoms with Gasteiger partial charge in [0.15, 0.2) is 10.7 Å². The molecule has 1 amide bonds. The summed E-state index contributed by atoms with van der Waals surface area (Å²) in [5.41, 5.74) is -0.0381. The molecule has 0 unspecified atom stereocenters. The van der Waals surface area contributed by atoms with Crippen molar-refractivity contribution in [3.8, 4) is 0 Å². The molecule has 1 saturated carbocycles. The average Bonchev–Trinajstić information content (AvgIpc) is 2.75. The van der Waals surface area contributed by atoms with E-state index in [0.717, 1.165) is 24.2 Å². The molecule has 2 rings (SSSR count). The Bertz CT molecular complexity index is 494. The van der Waals surface area contributed by atoms with Crippen molar-refractivity contribution >= 4 is 23.2 Å². The van der Waals surface area contributed by atoms with Gasteiger partial charge in [-0.3, -0.25) is 4.79 Å². The van der Waals surface area contributed by atoms with E-state index in [2.05, 4.69) is 15.2 Å². The molecular formula is C12H17N3O3S. The van der Waals surface area contributed by atoms with Crippen molar-refractivity contribution in [2.45, 2.75) is 24.8 Å². The summed E-state index contributed by atoms with van der Waals surface area (Å²) in [6.45, 7) is 0.570. The molecule has 1 aromatic rings. The van der Waals surface area contributed by atoms with E-state index in [-0.39, 0.29) is 22.1 Å². The first-order chi connectivity index (χ1) is 8.94. The second-order valence-corrected chi connectivity index (χ2v) is 5.86. The van der Waals surface area contributed by atoms with Crippen LogP contribution in [-0.4, -0.2) is 53.0 Å². The second kappa shape index (κ2) is 5.26. The molecule has 0 bridgehead atoms. The van der Waals surface area contributed by atoms with Gasteiger partial charge in [-0.15, -0.1) is 11.3 Å². The van der Waals surface area contributed by atoms with Crippen molar-refractivity contribution in [1.29, 1.82) is 0 Å². The number of thiazole rings is 1. The first-order valence-electron chi connectivity index (χ1n) is 6.09. The summed E-state index contributed by atoms with van der Waals surface area (Å²) >= 11 is 1.05. The highest BCUT2D eigenvalue weighted by Crippen LogP contribution is 2.35. The Kier molecular flexibility index (Phi) is 3.86. The van der Waals surface area contributed by atoms with E-state index in [4.69, 9.17) is 5.11 Å². The van der Waals surface area contributed by atoms with Crippen LogP contribution >= 0.6 is 11.3 Å². The molecule has 0 aromatic carbocycles. The molecule has 0 spiro atoms. The van der Waals surface area contributed by atoms with Crippen LogP contribution in [0.25, 0.3) is 0 Å². The van der Waals surface area contributed by atoms with E-state index in [1.165, 1.54) is 11.8 Å². The van der Waals surface area contributed by atoms with Crippen LogP contribution in [-0.2, 0) is 0 Å². The molecule has 1 heterocycles. The van der Waals surface area contributed by atoms with Gasteiger partial charge in [0.2, 0.25) is 0 Å². The molecule has 19 heavy (non-hydrogen) atoms. The summed E-state index contributed by atoms with van der Waals surface area (Å²) < 4.78 is 0. The number of hydrogen-bond donors (Lipinski definition) is 2. The minimum Gasteiger partial charge on any atom is -0.476 e. The molecule has 0 aliphatic heterocycles. The summed E-state index contributed by atoms with van der Waals surface area (Å²) in [4.78, 5) is 28.6. The summed E-state index contributed by atoms with van der Waals surface area (Å²) in [5.74, 6) is -1.41. The Labute approximate surface area is 115 Å². The van der Waals surface area contributed by atoms with Crippen LogP contribution in [0.1, 0.15) is 39.6 Å². The molecule has 6 nitrogen and oxygen atoms in total. The van der Waals surface area contributed by atoms with E-state index in [9.17, 15) is 9.59 Å². The van der Waals surface area contributed by atoms with Crippen LogP contribution in [0.15, 0.2) is 5.38 Å². The quantitative estimate of drug-likeness (QED) is 0.844.